The fourth-order valence-corrected chi connectivity index (χ4v) is 2.42. The van der Waals surface area contributed by atoms with E-state index < -0.39 is 0 Å². The minimum atomic E-state index is 0.333. The summed E-state index contributed by atoms with van der Waals surface area (Å²) in [7, 11) is 0. The van der Waals surface area contributed by atoms with Crippen LogP contribution in [0.3, 0.4) is 0 Å². The van der Waals surface area contributed by atoms with Crippen molar-refractivity contribution >= 4 is 31.9 Å². The van der Waals surface area contributed by atoms with Gasteiger partial charge in [0.25, 0.3) is 0 Å². The Labute approximate surface area is 108 Å². The van der Waals surface area contributed by atoms with Crippen molar-refractivity contribution in [1.29, 1.82) is 0 Å². The second-order valence-corrected chi connectivity index (χ2v) is 5.07. The predicted molar refractivity (Wildman–Crippen MR) is 73.1 cm³/mol. The monoisotopic (exact) mass is 331 g/mol. The summed E-state index contributed by atoms with van der Waals surface area (Å²) in [6, 6.07) is 6.57. The van der Waals surface area contributed by atoms with Gasteiger partial charge in [0.05, 0.1) is 0 Å². The van der Waals surface area contributed by atoms with Crippen molar-refractivity contribution in [2.45, 2.75) is 19.4 Å². The molecular formula is C12H15Br2N. The molecule has 0 bridgehead atoms. The summed E-state index contributed by atoms with van der Waals surface area (Å²) in [5.41, 5.74) is 1.27. The van der Waals surface area contributed by atoms with E-state index in [0.29, 0.717) is 6.04 Å². The van der Waals surface area contributed by atoms with E-state index in [2.05, 4.69) is 62.8 Å². The fraction of sp³-hybridized carbons (Fsp3) is 0.333. The standard InChI is InChI=1S/C12H15Br2N/c1-3-5-12(15-4-2)10-8-9(13)6-7-11(10)14/h3,6-8,12,15H,1,4-5H2,2H3. The van der Waals surface area contributed by atoms with Crippen molar-refractivity contribution < 1.29 is 0 Å². The third-order valence-corrected chi connectivity index (χ3v) is 3.40. The van der Waals surface area contributed by atoms with Crippen LogP contribution in [0.25, 0.3) is 0 Å². The van der Waals surface area contributed by atoms with E-state index in [1.807, 2.05) is 12.1 Å². The minimum Gasteiger partial charge on any atom is -0.310 e. The van der Waals surface area contributed by atoms with E-state index in [1.54, 1.807) is 0 Å². The summed E-state index contributed by atoms with van der Waals surface area (Å²) >= 11 is 7.07. The van der Waals surface area contributed by atoms with Gasteiger partial charge in [-0.05, 0) is 36.7 Å². The van der Waals surface area contributed by atoms with Crippen molar-refractivity contribution in [1.82, 2.24) is 5.32 Å². The van der Waals surface area contributed by atoms with Crippen molar-refractivity contribution in [2.75, 3.05) is 6.54 Å². The lowest BCUT2D eigenvalue weighted by atomic mass is 10.0. The van der Waals surface area contributed by atoms with Crippen LogP contribution in [0.15, 0.2) is 39.8 Å². The Kier molecular flexibility index (Phi) is 5.58. The maximum Gasteiger partial charge on any atom is 0.0366 e. The Morgan fingerprint density at radius 2 is 2.20 bits per heavy atom. The normalized spacial score (nSPS) is 12.5. The number of halogens is 2. The molecule has 0 heterocycles. The van der Waals surface area contributed by atoms with Gasteiger partial charge in [-0.3, -0.25) is 0 Å². The van der Waals surface area contributed by atoms with Gasteiger partial charge >= 0.3 is 0 Å². The smallest absolute Gasteiger partial charge is 0.0366 e. The summed E-state index contributed by atoms with van der Waals surface area (Å²) in [5, 5.41) is 3.45. The Balaban J connectivity index is 2.97. The summed E-state index contributed by atoms with van der Waals surface area (Å²) < 4.78 is 2.24. The minimum absolute atomic E-state index is 0.333. The Morgan fingerprint density at radius 1 is 1.47 bits per heavy atom. The lowest BCUT2D eigenvalue weighted by Gasteiger charge is -2.18. The Hall–Kier alpha value is -0.120. The zero-order valence-electron chi connectivity index (χ0n) is 8.76. The van der Waals surface area contributed by atoms with Gasteiger partial charge in [0.1, 0.15) is 0 Å². The van der Waals surface area contributed by atoms with Gasteiger partial charge in [-0.1, -0.05) is 44.9 Å². The third-order valence-electron chi connectivity index (χ3n) is 2.19. The molecule has 1 nitrogen and oxygen atoms in total. The van der Waals surface area contributed by atoms with Crippen LogP contribution in [0, 0.1) is 0 Å². The molecule has 1 unspecified atom stereocenters. The van der Waals surface area contributed by atoms with Crippen molar-refractivity contribution in [3.05, 3.63) is 45.4 Å². The summed E-state index contributed by atoms with van der Waals surface area (Å²) in [6.45, 7) is 6.86. The van der Waals surface area contributed by atoms with Gasteiger partial charge in [0, 0.05) is 15.0 Å². The van der Waals surface area contributed by atoms with Gasteiger partial charge in [0.2, 0.25) is 0 Å². The van der Waals surface area contributed by atoms with Crippen LogP contribution in [0.1, 0.15) is 24.9 Å². The molecule has 3 heteroatoms. The first kappa shape index (κ1) is 12.9. The molecule has 1 atom stereocenters. The first-order valence-electron chi connectivity index (χ1n) is 4.98. The predicted octanol–water partition coefficient (Wildman–Crippen LogP) is 4.44. The first-order valence-corrected chi connectivity index (χ1v) is 6.56. The number of benzene rings is 1. The molecule has 1 aromatic rings. The number of rotatable bonds is 5. The highest BCUT2D eigenvalue weighted by Crippen LogP contribution is 2.28. The van der Waals surface area contributed by atoms with E-state index in [4.69, 9.17) is 0 Å². The molecule has 0 spiro atoms. The molecule has 0 aromatic heterocycles. The van der Waals surface area contributed by atoms with Gasteiger partial charge in [-0.15, -0.1) is 6.58 Å². The molecule has 0 saturated heterocycles. The van der Waals surface area contributed by atoms with Crippen molar-refractivity contribution in [2.24, 2.45) is 0 Å². The van der Waals surface area contributed by atoms with Crippen LogP contribution in [-0.4, -0.2) is 6.54 Å². The molecule has 1 N–H and O–H groups in total. The van der Waals surface area contributed by atoms with Crippen LogP contribution < -0.4 is 5.32 Å². The maximum absolute atomic E-state index is 3.79. The van der Waals surface area contributed by atoms with E-state index >= 15 is 0 Å². The Bertz CT molecular complexity index is 336. The molecule has 0 aliphatic heterocycles. The SMILES string of the molecule is C=CCC(NCC)c1cc(Br)ccc1Br. The summed E-state index contributed by atoms with van der Waals surface area (Å²) in [4.78, 5) is 0. The highest BCUT2D eigenvalue weighted by Gasteiger charge is 2.11. The average Bonchev–Trinajstić information content (AvgIpc) is 2.21. The molecule has 0 fully saturated rings. The van der Waals surface area contributed by atoms with Gasteiger partial charge in [0.15, 0.2) is 0 Å². The van der Waals surface area contributed by atoms with Gasteiger partial charge in [-0.25, -0.2) is 0 Å². The van der Waals surface area contributed by atoms with Crippen LogP contribution in [0.2, 0.25) is 0 Å². The molecule has 1 rings (SSSR count). The van der Waals surface area contributed by atoms with Crippen LogP contribution in [0.5, 0.6) is 0 Å². The highest BCUT2D eigenvalue weighted by atomic mass is 79.9. The van der Waals surface area contributed by atoms with Crippen LogP contribution in [0.4, 0.5) is 0 Å². The molecule has 0 radical (unpaired) electrons. The maximum atomic E-state index is 3.79. The zero-order valence-corrected chi connectivity index (χ0v) is 11.9. The fourth-order valence-electron chi connectivity index (χ4n) is 1.51. The Morgan fingerprint density at radius 3 is 2.80 bits per heavy atom. The van der Waals surface area contributed by atoms with Crippen molar-refractivity contribution in [3.63, 3.8) is 0 Å². The van der Waals surface area contributed by atoms with E-state index in [0.717, 1.165) is 21.9 Å². The van der Waals surface area contributed by atoms with Crippen LogP contribution >= 0.6 is 31.9 Å². The third kappa shape index (κ3) is 3.74. The lowest BCUT2D eigenvalue weighted by Crippen LogP contribution is -2.20. The largest absolute Gasteiger partial charge is 0.310 e. The van der Waals surface area contributed by atoms with Gasteiger partial charge in [-0.2, -0.15) is 0 Å². The van der Waals surface area contributed by atoms with E-state index in [-0.39, 0.29) is 0 Å². The molecule has 0 aliphatic carbocycles. The van der Waals surface area contributed by atoms with E-state index in [9.17, 15) is 0 Å². The molecule has 0 amide bonds. The second-order valence-electron chi connectivity index (χ2n) is 3.30. The van der Waals surface area contributed by atoms with Crippen molar-refractivity contribution in [3.8, 4) is 0 Å². The molecule has 0 saturated carbocycles. The zero-order chi connectivity index (χ0) is 11.3. The quantitative estimate of drug-likeness (QED) is 0.786. The number of hydrogen-bond donors (Lipinski definition) is 1. The molecule has 82 valence electrons. The summed E-state index contributed by atoms with van der Waals surface area (Å²) in [6.07, 6.45) is 2.88. The summed E-state index contributed by atoms with van der Waals surface area (Å²) in [5.74, 6) is 0. The second kappa shape index (κ2) is 6.46. The highest BCUT2D eigenvalue weighted by molar-refractivity contribution is 9.11. The average molecular weight is 333 g/mol. The number of nitrogens with one attached hydrogen (secondary N) is 1. The molecule has 1 aromatic carbocycles. The van der Waals surface area contributed by atoms with Crippen LogP contribution in [-0.2, 0) is 0 Å². The van der Waals surface area contributed by atoms with Gasteiger partial charge < -0.3 is 5.32 Å². The molecule has 15 heavy (non-hydrogen) atoms. The van der Waals surface area contributed by atoms with E-state index in [1.165, 1.54) is 5.56 Å². The number of hydrogen-bond acceptors (Lipinski definition) is 1. The molecule has 0 aliphatic rings. The topological polar surface area (TPSA) is 12.0 Å². The first-order chi connectivity index (χ1) is 7.19. The lowest BCUT2D eigenvalue weighted by molar-refractivity contribution is 0.557. The molecular weight excluding hydrogens is 318 g/mol.